The van der Waals surface area contributed by atoms with Crippen LogP contribution in [0.15, 0.2) is 53.9 Å². The molecule has 0 bridgehead atoms. The monoisotopic (exact) mass is 342 g/mol. The summed E-state index contributed by atoms with van der Waals surface area (Å²) < 4.78 is 0.157. The largest absolute Gasteiger partial charge is 0.232 e. The van der Waals surface area contributed by atoms with E-state index >= 15 is 0 Å². The summed E-state index contributed by atoms with van der Waals surface area (Å²) in [6.45, 7) is 0. The van der Waals surface area contributed by atoms with Gasteiger partial charge in [0, 0.05) is 5.56 Å². The number of thiophene rings is 1. The predicted octanol–water partition coefficient (Wildman–Crippen LogP) is 5.43. The molecule has 0 fully saturated rings. The van der Waals surface area contributed by atoms with Crippen LogP contribution in [0, 0.1) is 0 Å². The van der Waals surface area contributed by atoms with Crippen molar-refractivity contribution in [1.29, 1.82) is 0 Å². The van der Waals surface area contributed by atoms with Crippen LogP contribution in [0.1, 0.15) is 5.69 Å². The molecule has 20 heavy (non-hydrogen) atoms. The maximum atomic E-state index is 6.06. The fourth-order valence-corrected chi connectivity index (χ4v) is 2.99. The topological polar surface area (TPSA) is 17.8 Å². The minimum atomic E-state index is -1.52. The van der Waals surface area contributed by atoms with Gasteiger partial charge in [0.25, 0.3) is 0 Å². The number of hydrogen-bond acceptors (Lipinski definition) is 2. The molecule has 0 spiro atoms. The van der Waals surface area contributed by atoms with Gasteiger partial charge in [0.2, 0.25) is 3.79 Å². The molecule has 0 atom stereocenters. The number of halogens is 3. The third kappa shape index (κ3) is 2.72. The van der Waals surface area contributed by atoms with Crippen molar-refractivity contribution in [2.75, 3.05) is 0 Å². The maximum absolute atomic E-state index is 6.06. The molecule has 2 aromatic heterocycles. The van der Waals surface area contributed by atoms with Crippen molar-refractivity contribution in [2.24, 2.45) is 0 Å². The summed E-state index contributed by atoms with van der Waals surface area (Å²) in [7, 11) is 0. The summed E-state index contributed by atoms with van der Waals surface area (Å²) in [5.74, 6) is 0. The van der Waals surface area contributed by atoms with Crippen molar-refractivity contribution in [3.8, 4) is 16.3 Å². The highest BCUT2D eigenvalue weighted by molar-refractivity contribution is 7.12. The van der Waals surface area contributed by atoms with Gasteiger partial charge in [-0.05, 0) is 23.6 Å². The smallest absolute Gasteiger partial charge is 0.223 e. The van der Waals surface area contributed by atoms with E-state index in [9.17, 15) is 0 Å². The van der Waals surface area contributed by atoms with E-state index in [0.29, 0.717) is 5.69 Å². The van der Waals surface area contributed by atoms with E-state index in [1.165, 1.54) is 11.3 Å². The molecule has 0 saturated carbocycles. The number of benzene rings is 1. The third-order valence-electron chi connectivity index (χ3n) is 2.78. The Bertz CT molecular complexity index is 700. The Labute approximate surface area is 135 Å². The summed E-state index contributed by atoms with van der Waals surface area (Å²) in [6, 6.07) is 15.5. The van der Waals surface area contributed by atoms with Crippen LogP contribution >= 0.6 is 46.1 Å². The van der Waals surface area contributed by atoms with Crippen molar-refractivity contribution in [2.45, 2.75) is 3.79 Å². The second kappa shape index (κ2) is 5.41. The summed E-state index contributed by atoms with van der Waals surface area (Å²) in [5, 5.41) is 7.43. The lowest BCUT2D eigenvalue weighted by molar-refractivity contribution is 0.838. The molecule has 1 aromatic carbocycles. The molecular weight excluding hydrogens is 335 g/mol. The van der Waals surface area contributed by atoms with Gasteiger partial charge in [0.15, 0.2) is 0 Å². The first kappa shape index (κ1) is 14.0. The molecule has 102 valence electrons. The van der Waals surface area contributed by atoms with E-state index in [1.54, 1.807) is 4.68 Å². The van der Waals surface area contributed by atoms with Crippen LogP contribution in [0.3, 0.4) is 0 Å². The van der Waals surface area contributed by atoms with Crippen LogP contribution in [-0.4, -0.2) is 9.78 Å². The van der Waals surface area contributed by atoms with Crippen LogP contribution < -0.4 is 0 Å². The third-order valence-corrected chi connectivity index (χ3v) is 4.21. The van der Waals surface area contributed by atoms with Gasteiger partial charge in [-0.15, -0.1) is 11.3 Å². The Morgan fingerprint density at radius 1 is 1.00 bits per heavy atom. The highest BCUT2D eigenvalue weighted by Gasteiger charge is 2.29. The maximum Gasteiger partial charge on any atom is 0.232 e. The Morgan fingerprint density at radius 3 is 2.35 bits per heavy atom. The van der Waals surface area contributed by atoms with Gasteiger partial charge < -0.3 is 0 Å². The minimum Gasteiger partial charge on any atom is -0.223 e. The highest BCUT2D eigenvalue weighted by Crippen LogP contribution is 2.41. The standard InChI is InChI=1S/C14H9Cl3N2S/c15-14(16,17)12-9-11(10-5-2-1-3-6-10)18-19(12)13-7-4-8-20-13/h1-9H. The second-order valence-electron chi connectivity index (χ2n) is 4.14. The van der Waals surface area contributed by atoms with Crippen molar-refractivity contribution in [1.82, 2.24) is 9.78 Å². The molecular formula is C14H9Cl3N2S. The van der Waals surface area contributed by atoms with E-state index in [2.05, 4.69) is 5.10 Å². The van der Waals surface area contributed by atoms with Gasteiger partial charge in [-0.2, -0.15) is 5.10 Å². The average Bonchev–Trinajstić information content (AvgIpc) is 3.08. The molecule has 0 aliphatic heterocycles. The molecule has 2 heterocycles. The minimum absolute atomic E-state index is 0.531. The van der Waals surface area contributed by atoms with E-state index in [0.717, 1.165) is 16.3 Å². The molecule has 3 aromatic rings. The van der Waals surface area contributed by atoms with Gasteiger partial charge in [0.1, 0.15) is 5.00 Å². The van der Waals surface area contributed by atoms with E-state index in [4.69, 9.17) is 34.8 Å². The van der Waals surface area contributed by atoms with E-state index < -0.39 is 3.79 Å². The summed E-state index contributed by atoms with van der Waals surface area (Å²) >= 11 is 19.7. The molecule has 0 amide bonds. The summed E-state index contributed by atoms with van der Waals surface area (Å²) in [5.41, 5.74) is 2.29. The average molecular weight is 344 g/mol. The van der Waals surface area contributed by atoms with Crippen LogP contribution in [0.2, 0.25) is 0 Å². The summed E-state index contributed by atoms with van der Waals surface area (Å²) in [4.78, 5) is 0. The molecule has 3 rings (SSSR count). The first-order valence-electron chi connectivity index (χ1n) is 5.82. The van der Waals surface area contributed by atoms with Gasteiger partial charge in [-0.1, -0.05) is 65.1 Å². The number of nitrogens with zero attached hydrogens (tertiary/aromatic N) is 2. The summed E-state index contributed by atoms with van der Waals surface area (Å²) in [6.07, 6.45) is 0. The Hall–Kier alpha value is -1.00. The SMILES string of the molecule is ClC(Cl)(Cl)c1cc(-c2ccccc2)nn1-c1cccs1. The van der Waals surface area contributed by atoms with Crippen molar-refractivity contribution < 1.29 is 0 Å². The molecule has 0 aliphatic rings. The number of aromatic nitrogens is 2. The molecule has 0 N–H and O–H groups in total. The normalized spacial score (nSPS) is 11.8. The molecule has 2 nitrogen and oxygen atoms in total. The first-order valence-corrected chi connectivity index (χ1v) is 7.83. The number of alkyl halides is 3. The fourth-order valence-electron chi connectivity index (χ4n) is 1.89. The van der Waals surface area contributed by atoms with Crippen molar-refractivity contribution in [3.63, 3.8) is 0 Å². The van der Waals surface area contributed by atoms with Gasteiger partial charge in [-0.25, -0.2) is 4.68 Å². The zero-order valence-electron chi connectivity index (χ0n) is 10.1. The van der Waals surface area contributed by atoms with Crippen LogP contribution in [-0.2, 0) is 3.79 Å². The lowest BCUT2D eigenvalue weighted by atomic mass is 10.1. The van der Waals surface area contributed by atoms with Crippen LogP contribution in [0.5, 0.6) is 0 Å². The zero-order valence-corrected chi connectivity index (χ0v) is 13.2. The van der Waals surface area contributed by atoms with Crippen molar-refractivity contribution >= 4 is 46.1 Å². The molecule has 6 heteroatoms. The molecule has 0 unspecified atom stereocenters. The predicted molar refractivity (Wildman–Crippen MR) is 86.1 cm³/mol. The van der Waals surface area contributed by atoms with Crippen LogP contribution in [0.25, 0.3) is 16.3 Å². The molecule has 0 aliphatic carbocycles. The van der Waals surface area contributed by atoms with E-state index in [-0.39, 0.29) is 0 Å². The number of hydrogen-bond donors (Lipinski definition) is 0. The lowest BCUT2D eigenvalue weighted by Crippen LogP contribution is -2.08. The Kier molecular flexibility index (Phi) is 3.78. The van der Waals surface area contributed by atoms with Crippen LogP contribution in [0.4, 0.5) is 0 Å². The quantitative estimate of drug-likeness (QED) is 0.567. The fraction of sp³-hybridized carbons (Fsp3) is 0.0714. The van der Waals surface area contributed by atoms with Gasteiger partial charge >= 0.3 is 0 Å². The highest BCUT2D eigenvalue weighted by atomic mass is 35.6. The zero-order chi connectivity index (χ0) is 14.2. The molecule has 0 saturated heterocycles. The Morgan fingerprint density at radius 2 is 1.75 bits per heavy atom. The lowest BCUT2D eigenvalue weighted by Gasteiger charge is -2.11. The van der Waals surface area contributed by atoms with Gasteiger partial charge in [0.05, 0.1) is 11.4 Å². The Balaban J connectivity index is 2.17. The second-order valence-corrected chi connectivity index (χ2v) is 7.35. The molecule has 0 radical (unpaired) electrons. The first-order chi connectivity index (χ1) is 9.55. The van der Waals surface area contributed by atoms with Crippen molar-refractivity contribution in [3.05, 3.63) is 59.6 Å². The van der Waals surface area contributed by atoms with Gasteiger partial charge in [-0.3, -0.25) is 0 Å². The number of rotatable bonds is 2. The van der Waals surface area contributed by atoms with E-state index in [1.807, 2.05) is 53.9 Å².